The van der Waals surface area contributed by atoms with Gasteiger partial charge in [-0.15, -0.1) is 0 Å². The summed E-state index contributed by atoms with van der Waals surface area (Å²) >= 11 is 0. The van der Waals surface area contributed by atoms with Crippen molar-refractivity contribution in [2.75, 3.05) is 7.11 Å². The van der Waals surface area contributed by atoms with Gasteiger partial charge in [0.1, 0.15) is 23.4 Å². The molecule has 0 bridgehead atoms. The van der Waals surface area contributed by atoms with Gasteiger partial charge < -0.3 is 14.3 Å². The molecule has 0 spiro atoms. The van der Waals surface area contributed by atoms with E-state index in [0.717, 1.165) is 23.5 Å². The fourth-order valence-corrected chi connectivity index (χ4v) is 1.85. The van der Waals surface area contributed by atoms with Crippen LogP contribution in [0.4, 0.5) is 0 Å². The van der Waals surface area contributed by atoms with E-state index in [1.165, 1.54) is 0 Å². The molecule has 0 amide bonds. The number of aliphatic hydroxyl groups is 1. The van der Waals surface area contributed by atoms with Gasteiger partial charge in [0.05, 0.1) is 7.11 Å². The molecule has 18 heavy (non-hydrogen) atoms. The van der Waals surface area contributed by atoms with Crippen LogP contribution >= 0.6 is 0 Å². The van der Waals surface area contributed by atoms with Crippen LogP contribution < -0.4 is 4.74 Å². The second-order valence-corrected chi connectivity index (χ2v) is 4.23. The lowest BCUT2D eigenvalue weighted by Gasteiger charge is -2.08. The molecular weight excluding hydrogens is 228 g/mol. The number of ether oxygens (including phenoxy) is 1. The molecule has 1 aromatic carbocycles. The molecule has 0 saturated carbocycles. The second-order valence-electron chi connectivity index (χ2n) is 4.23. The number of benzene rings is 1. The molecule has 0 radical (unpaired) electrons. The van der Waals surface area contributed by atoms with Gasteiger partial charge in [-0.1, -0.05) is 19.1 Å². The number of aryl methyl sites for hydroxylation is 1. The summed E-state index contributed by atoms with van der Waals surface area (Å²) in [5.41, 5.74) is 1.05. The molecule has 1 unspecified atom stereocenters. The third kappa shape index (κ3) is 2.93. The minimum Gasteiger partial charge on any atom is -0.497 e. The number of furan rings is 1. The summed E-state index contributed by atoms with van der Waals surface area (Å²) in [4.78, 5) is 0. The zero-order chi connectivity index (χ0) is 13.0. The zero-order valence-electron chi connectivity index (χ0n) is 10.7. The highest BCUT2D eigenvalue weighted by Gasteiger charge is 2.12. The predicted molar refractivity (Wildman–Crippen MR) is 69.7 cm³/mol. The van der Waals surface area contributed by atoms with Gasteiger partial charge in [0.2, 0.25) is 0 Å². The van der Waals surface area contributed by atoms with E-state index in [1.807, 2.05) is 43.3 Å². The third-order valence-corrected chi connectivity index (χ3v) is 2.95. The van der Waals surface area contributed by atoms with E-state index >= 15 is 0 Å². The van der Waals surface area contributed by atoms with Crippen LogP contribution in [0.5, 0.6) is 5.75 Å². The smallest absolute Gasteiger partial charge is 0.133 e. The van der Waals surface area contributed by atoms with Gasteiger partial charge in [-0.2, -0.15) is 0 Å². The molecule has 0 fully saturated rings. The van der Waals surface area contributed by atoms with Crippen molar-refractivity contribution in [3.63, 3.8) is 0 Å². The van der Waals surface area contributed by atoms with Crippen molar-refractivity contribution in [2.24, 2.45) is 0 Å². The van der Waals surface area contributed by atoms with Gasteiger partial charge >= 0.3 is 0 Å². The molecule has 2 aromatic rings. The van der Waals surface area contributed by atoms with Crippen molar-refractivity contribution >= 4 is 0 Å². The third-order valence-electron chi connectivity index (χ3n) is 2.95. The Morgan fingerprint density at radius 2 is 1.89 bits per heavy atom. The van der Waals surface area contributed by atoms with E-state index in [9.17, 15) is 5.11 Å². The molecule has 96 valence electrons. The average Bonchev–Trinajstić information content (AvgIpc) is 2.88. The van der Waals surface area contributed by atoms with Gasteiger partial charge in [-0.3, -0.25) is 0 Å². The molecule has 3 nitrogen and oxygen atoms in total. The standard InChI is InChI=1S/C15H18O3/c1-3-12-8-9-15(18-12)14(16)10-11-4-6-13(17-2)7-5-11/h4-9,14,16H,3,10H2,1-2H3. The molecule has 1 atom stereocenters. The van der Waals surface area contributed by atoms with Crippen LogP contribution in [0.25, 0.3) is 0 Å². The van der Waals surface area contributed by atoms with Gasteiger partial charge in [0, 0.05) is 12.8 Å². The van der Waals surface area contributed by atoms with E-state index < -0.39 is 6.10 Å². The molecule has 3 heteroatoms. The largest absolute Gasteiger partial charge is 0.497 e. The lowest BCUT2D eigenvalue weighted by Crippen LogP contribution is -2.00. The Labute approximate surface area is 107 Å². The number of rotatable bonds is 5. The summed E-state index contributed by atoms with van der Waals surface area (Å²) in [5, 5.41) is 10.1. The molecule has 0 aliphatic heterocycles. The van der Waals surface area contributed by atoms with E-state index in [4.69, 9.17) is 9.15 Å². The number of methoxy groups -OCH3 is 1. The van der Waals surface area contributed by atoms with Crippen molar-refractivity contribution in [3.8, 4) is 5.75 Å². The monoisotopic (exact) mass is 246 g/mol. The minimum atomic E-state index is -0.598. The Balaban J connectivity index is 2.03. The normalized spacial score (nSPS) is 12.4. The summed E-state index contributed by atoms with van der Waals surface area (Å²) < 4.78 is 10.6. The summed E-state index contributed by atoms with van der Waals surface area (Å²) in [6.45, 7) is 2.03. The fourth-order valence-electron chi connectivity index (χ4n) is 1.85. The van der Waals surface area contributed by atoms with Gasteiger partial charge in [-0.05, 0) is 29.8 Å². The molecule has 2 rings (SSSR count). The van der Waals surface area contributed by atoms with E-state index in [0.29, 0.717) is 12.2 Å². The quantitative estimate of drug-likeness (QED) is 0.881. The van der Waals surface area contributed by atoms with Crippen LogP contribution in [-0.2, 0) is 12.8 Å². The van der Waals surface area contributed by atoms with E-state index in [2.05, 4.69) is 0 Å². The number of hydrogen-bond donors (Lipinski definition) is 1. The van der Waals surface area contributed by atoms with Gasteiger partial charge in [0.25, 0.3) is 0 Å². The number of aliphatic hydroxyl groups excluding tert-OH is 1. The van der Waals surface area contributed by atoms with Crippen LogP contribution in [-0.4, -0.2) is 12.2 Å². The SMILES string of the molecule is CCc1ccc(C(O)Cc2ccc(OC)cc2)o1. The van der Waals surface area contributed by atoms with E-state index in [1.54, 1.807) is 7.11 Å². The van der Waals surface area contributed by atoms with Crippen LogP contribution in [0.15, 0.2) is 40.8 Å². The Bertz CT molecular complexity index is 485. The predicted octanol–water partition coefficient (Wildman–Crippen LogP) is 3.13. The van der Waals surface area contributed by atoms with Crippen LogP contribution in [0.1, 0.15) is 30.1 Å². The first kappa shape index (κ1) is 12.7. The highest BCUT2D eigenvalue weighted by molar-refractivity contribution is 5.28. The summed E-state index contributed by atoms with van der Waals surface area (Å²) in [5.74, 6) is 2.35. The molecule has 1 aromatic heterocycles. The lowest BCUT2D eigenvalue weighted by molar-refractivity contribution is 0.148. The Hall–Kier alpha value is -1.74. The Kier molecular flexibility index (Phi) is 4.05. The Morgan fingerprint density at radius 1 is 1.17 bits per heavy atom. The second kappa shape index (κ2) is 5.74. The molecule has 1 heterocycles. The van der Waals surface area contributed by atoms with Gasteiger partial charge in [0.15, 0.2) is 0 Å². The minimum absolute atomic E-state index is 0.542. The zero-order valence-corrected chi connectivity index (χ0v) is 10.7. The van der Waals surface area contributed by atoms with Crippen LogP contribution in [0.2, 0.25) is 0 Å². The highest BCUT2D eigenvalue weighted by atomic mass is 16.5. The molecular formula is C15H18O3. The summed E-state index contributed by atoms with van der Waals surface area (Å²) in [7, 11) is 1.64. The maximum absolute atomic E-state index is 10.1. The summed E-state index contributed by atoms with van der Waals surface area (Å²) in [6.07, 6.45) is 0.786. The average molecular weight is 246 g/mol. The molecule has 0 aliphatic rings. The first-order valence-electron chi connectivity index (χ1n) is 6.12. The fraction of sp³-hybridized carbons (Fsp3) is 0.333. The first-order valence-corrected chi connectivity index (χ1v) is 6.12. The lowest BCUT2D eigenvalue weighted by atomic mass is 10.1. The topological polar surface area (TPSA) is 42.6 Å². The maximum Gasteiger partial charge on any atom is 0.133 e. The van der Waals surface area contributed by atoms with Crippen molar-refractivity contribution in [3.05, 3.63) is 53.5 Å². The van der Waals surface area contributed by atoms with Crippen molar-refractivity contribution in [2.45, 2.75) is 25.9 Å². The molecule has 0 aliphatic carbocycles. The maximum atomic E-state index is 10.1. The van der Waals surface area contributed by atoms with Crippen molar-refractivity contribution < 1.29 is 14.3 Å². The van der Waals surface area contributed by atoms with Crippen molar-refractivity contribution in [1.29, 1.82) is 0 Å². The van der Waals surface area contributed by atoms with Crippen LogP contribution in [0, 0.1) is 0 Å². The first-order chi connectivity index (χ1) is 8.72. The summed E-state index contributed by atoms with van der Waals surface area (Å²) in [6, 6.07) is 11.4. The number of hydrogen-bond acceptors (Lipinski definition) is 3. The Morgan fingerprint density at radius 3 is 2.44 bits per heavy atom. The van der Waals surface area contributed by atoms with Crippen LogP contribution in [0.3, 0.4) is 0 Å². The van der Waals surface area contributed by atoms with Gasteiger partial charge in [-0.25, -0.2) is 0 Å². The van der Waals surface area contributed by atoms with E-state index in [-0.39, 0.29) is 0 Å². The molecule has 0 saturated heterocycles. The molecule has 1 N–H and O–H groups in total. The van der Waals surface area contributed by atoms with Crippen molar-refractivity contribution in [1.82, 2.24) is 0 Å². The highest BCUT2D eigenvalue weighted by Crippen LogP contribution is 2.22.